The number of carbonyl (C=O) groups excluding carboxylic acids is 3. The van der Waals surface area contributed by atoms with Gasteiger partial charge in [-0.05, 0) is 0 Å². The van der Waals surface area contributed by atoms with Gasteiger partial charge < -0.3 is 110 Å². The first kappa shape index (κ1) is 51.0. The van der Waals surface area contributed by atoms with E-state index in [0.717, 1.165) is 0 Å². The zero-order valence-corrected chi connectivity index (χ0v) is 33.8. The van der Waals surface area contributed by atoms with E-state index >= 15 is 0 Å². The number of nitrogens with two attached hydrogens (primary N) is 1. The van der Waals surface area contributed by atoms with Crippen LogP contribution in [0.25, 0.3) is 0 Å². The molecule has 0 aromatic rings. The second kappa shape index (κ2) is 23.8. The van der Waals surface area contributed by atoms with E-state index in [1.54, 1.807) is 0 Å². The van der Waals surface area contributed by atoms with Gasteiger partial charge in [-0.2, -0.15) is 0 Å². The summed E-state index contributed by atoms with van der Waals surface area (Å²) >= 11 is 0. The minimum atomic E-state index is -1.41. The molecule has 0 spiro atoms. The molecule has 25 nitrogen and oxygen atoms in total. The maximum atomic E-state index is 11.7. The summed E-state index contributed by atoms with van der Waals surface area (Å²) in [4.78, 5) is 34.7. The van der Waals surface area contributed by atoms with Crippen molar-refractivity contribution in [1.29, 1.82) is 0 Å². The molecule has 344 valence electrons. The molecular weight excluding hydrogens is 800 g/mol. The van der Waals surface area contributed by atoms with E-state index in [2.05, 4.69) is 16.0 Å². The normalized spacial score (nSPS) is 42.5. The average Bonchev–Trinajstić information content (AvgIpc) is 3.20. The van der Waals surface area contributed by atoms with Crippen LogP contribution < -0.4 is 21.7 Å². The van der Waals surface area contributed by atoms with E-state index in [-0.39, 0.29) is 0 Å². The van der Waals surface area contributed by atoms with Crippen molar-refractivity contribution >= 4 is 17.7 Å². The maximum absolute atomic E-state index is 11.7. The van der Waals surface area contributed by atoms with E-state index in [0.29, 0.717) is 0 Å². The van der Waals surface area contributed by atoms with Crippen molar-refractivity contribution in [3.63, 3.8) is 0 Å². The maximum Gasteiger partial charge on any atom is 0.217 e. The van der Waals surface area contributed by atoms with Gasteiger partial charge in [0.05, 0.1) is 32.5 Å². The molecule has 8 unspecified atom stereocenters. The third-order valence-electron chi connectivity index (χ3n) is 10.2. The minimum absolute atomic E-state index is 0.430. The molecule has 0 bridgehead atoms. The van der Waals surface area contributed by atoms with Crippen LogP contribution in [0.3, 0.4) is 0 Å². The summed E-state index contributed by atoms with van der Waals surface area (Å²) in [6.07, 6.45) is -18.3. The molecule has 0 aromatic carbocycles. The number of rotatable bonds is 15. The molecule has 4 aliphatic rings. The third-order valence-corrected chi connectivity index (χ3v) is 10.2. The number of hydrogen-bond donors (Lipinski definition) is 12. The molecule has 0 aliphatic carbocycles. The number of ether oxygens (including phenoxy) is 10. The first-order valence-corrected chi connectivity index (χ1v) is 18.7. The van der Waals surface area contributed by atoms with Gasteiger partial charge in [0.15, 0.2) is 25.2 Å². The highest BCUT2D eigenvalue weighted by molar-refractivity contribution is 5.74. The highest BCUT2D eigenvalue weighted by Gasteiger charge is 2.53. The first-order chi connectivity index (χ1) is 28.0. The highest BCUT2D eigenvalue weighted by Crippen LogP contribution is 2.32. The fourth-order valence-corrected chi connectivity index (χ4v) is 7.32. The minimum Gasteiger partial charge on any atom is -0.394 e. The molecule has 4 fully saturated rings. The average molecular weight is 863 g/mol. The number of aliphatic hydroxyl groups is 8. The predicted molar refractivity (Wildman–Crippen MR) is 193 cm³/mol. The van der Waals surface area contributed by atoms with Crippen molar-refractivity contribution in [2.75, 3.05) is 54.9 Å². The molecule has 59 heavy (non-hydrogen) atoms. The second-order valence-corrected chi connectivity index (χ2v) is 14.2. The second-order valence-electron chi connectivity index (χ2n) is 14.2. The van der Waals surface area contributed by atoms with Crippen LogP contribution in [0.5, 0.6) is 0 Å². The van der Waals surface area contributed by atoms with E-state index < -0.39 is 167 Å². The van der Waals surface area contributed by atoms with Crippen molar-refractivity contribution < 1.29 is 103 Å². The smallest absolute Gasteiger partial charge is 0.217 e. The third kappa shape index (κ3) is 12.4. The summed E-state index contributed by atoms with van der Waals surface area (Å²) in [5.41, 5.74) is 5.98. The van der Waals surface area contributed by atoms with Crippen LogP contribution in [0.2, 0.25) is 0 Å². The largest absolute Gasteiger partial charge is 0.394 e. The number of amides is 3. The molecule has 13 N–H and O–H groups in total. The van der Waals surface area contributed by atoms with Gasteiger partial charge in [0.2, 0.25) is 17.7 Å². The Balaban J connectivity index is 0.000000317. The van der Waals surface area contributed by atoms with Gasteiger partial charge in [0.25, 0.3) is 0 Å². The van der Waals surface area contributed by atoms with Gasteiger partial charge in [-0.15, -0.1) is 0 Å². The van der Waals surface area contributed by atoms with Crippen molar-refractivity contribution in [2.24, 2.45) is 5.73 Å². The van der Waals surface area contributed by atoms with Gasteiger partial charge >= 0.3 is 0 Å². The Labute approximate surface area is 340 Å². The van der Waals surface area contributed by atoms with Crippen LogP contribution in [-0.4, -0.2) is 236 Å². The topological polar surface area (TPSA) is 367 Å². The summed E-state index contributed by atoms with van der Waals surface area (Å²) in [6, 6.07) is -4.22. The summed E-state index contributed by atoms with van der Waals surface area (Å²) in [5.74, 6) is -1.38. The van der Waals surface area contributed by atoms with Crippen LogP contribution in [-0.2, 0) is 61.8 Å². The van der Waals surface area contributed by atoms with E-state index in [9.17, 15) is 55.2 Å². The fraction of sp³-hybridized carbons (Fsp3) is 0.912. The van der Waals surface area contributed by atoms with Crippen molar-refractivity contribution in [3.05, 3.63) is 0 Å². The first-order valence-electron chi connectivity index (χ1n) is 18.7. The van der Waals surface area contributed by atoms with Crippen LogP contribution in [0.15, 0.2) is 0 Å². The standard InChI is InChI=1S/C18H32N2O11.C16H30N2O10/c1-7(23)19-11-14(26)16(10(6-22)29-17(11)28-4)31-18-12(20-8(2)24)13(25)15(27-3)9(5-21)30-18;1-6(21)18-10-12(23)14(8(5-20)27-16(10)25-3)28-15-9(17)11(22)13(24-2)7(4-19)26-15/h9-18,21-22,25-26H,5-6H2,1-4H3,(H,19,23)(H,20,24);7-16,19-20,22-23H,4-5,17H2,1-3H3,(H,18,21)/t9?,10?,11?,12?,13-,14-,15-,16-,17-,18+;7?,8?,9?,10?,11-,12-,13-,14-,15+,16-/m11/s1. The zero-order valence-electron chi connectivity index (χ0n) is 33.8. The molecule has 25 heteroatoms. The Hall–Kier alpha value is -2.35. The van der Waals surface area contributed by atoms with Crippen LogP contribution in [0.1, 0.15) is 20.8 Å². The monoisotopic (exact) mass is 862 g/mol. The Kier molecular flexibility index (Phi) is 20.5. The SMILES string of the molecule is CO[C@@H]1OC(CO)[C@@H](O[C@@H]2OC(CO)[C@@H](OC)[C@H](O)C2N)[C@H](O)C1NC(C)=O.CO[C@@H]1OC(CO)[C@@H](O[C@@H]2OC(CO)[C@@H](OC)[C@H](O)C2NC(C)=O)[C@H](O)C1NC(C)=O. The Morgan fingerprint density at radius 2 is 0.763 bits per heavy atom. The number of nitrogens with one attached hydrogen (secondary N) is 3. The lowest BCUT2D eigenvalue weighted by Gasteiger charge is -2.48. The molecule has 4 saturated heterocycles. The molecule has 4 aliphatic heterocycles. The predicted octanol–water partition coefficient (Wildman–Crippen LogP) is -7.78. The van der Waals surface area contributed by atoms with Crippen LogP contribution >= 0.6 is 0 Å². The molecule has 4 heterocycles. The number of carbonyl (C=O) groups is 3. The molecular formula is C34H62N4O21. The Morgan fingerprint density at radius 3 is 1.10 bits per heavy atom. The van der Waals surface area contributed by atoms with Crippen molar-refractivity contribution in [2.45, 2.75) is 143 Å². The number of hydrogen-bond acceptors (Lipinski definition) is 22. The summed E-state index contributed by atoms with van der Waals surface area (Å²) in [6.45, 7) is 1.67. The molecule has 0 saturated carbocycles. The summed E-state index contributed by atoms with van der Waals surface area (Å²) in [7, 11) is 5.30. The molecule has 0 radical (unpaired) electrons. The molecule has 3 amide bonds. The zero-order chi connectivity index (χ0) is 44.3. The van der Waals surface area contributed by atoms with Crippen molar-refractivity contribution in [1.82, 2.24) is 16.0 Å². The van der Waals surface area contributed by atoms with Crippen molar-refractivity contribution in [3.8, 4) is 0 Å². The molecule has 0 aromatic heterocycles. The fourth-order valence-electron chi connectivity index (χ4n) is 7.32. The summed E-state index contributed by atoms with van der Waals surface area (Å²) in [5, 5.41) is 88.7. The number of aliphatic hydroxyl groups excluding tert-OH is 8. The highest BCUT2D eigenvalue weighted by atomic mass is 16.7. The molecule has 4 rings (SSSR count). The summed E-state index contributed by atoms with van der Waals surface area (Å²) < 4.78 is 54.7. The molecule has 20 atom stereocenters. The lowest BCUT2D eigenvalue weighted by molar-refractivity contribution is -0.331. The van der Waals surface area contributed by atoms with E-state index in [1.165, 1.54) is 49.2 Å². The lowest BCUT2D eigenvalue weighted by Crippen LogP contribution is -2.69. The Bertz CT molecular complexity index is 1310. The van der Waals surface area contributed by atoms with E-state index in [4.69, 9.17) is 53.1 Å². The van der Waals surface area contributed by atoms with Gasteiger partial charge in [-0.3, -0.25) is 14.4 Å². The Morgan fingerprint density at radius 1 is 0.475 bits per heavy atom. The quantitative estimate of drug-likeness (QED) is 0.0727. The van der Waals surface area contributed by atoms with Gasteiger partial charge in [-0.25, -0.2) is 0 Å². The van der Waals surface area contributed by atoms with Crippen LogP contribution in [0, 0.1) is 0 Å². The lowest BCUT2D eigenvalue weighted by atomic mass is 9.94. The van der Waals surface area contributed by atoms with Crippen LogP contribution in [0.4, 0.5) is 0 Å². The van der Waals surface area contributed by atoms with Gasteiger partial charge in [0, 0.05) is 49.2 Å². The van der Waals surface area contributed by atoms with E-state index in [1.807, 2.05) is 0 Å². The number of methoxy groups -OCH3 is 4. The van der Waals surface area contributed by atoms with Gasteiger partial charge in [0.1, 0.15) is 91.4 Å². The van der Waals surface area contributed by atoms with Gasteiger partial charge in [-0.1, -0.05) is 0 Å².